The summed E-state index contributed by atoms with van der Waals surface area (Å²) in [7, 11) is 0. The molecule has 2 amide bonds. The molecule has 0 spiro atoms. The highest BCUT2D eigenvalue weighted by molar-refractivity contribution is 6.01. The number of carbonyl (C=O) groups excluding carboxylic acids is 2. The predicted molar refractivity (Wildman–Crippen MR) is 92.5 cm³/mol. The lowest BCUT2D eigenvalue weighted by Gasteiger charge is -2.28. The molecule has 5 nitrogen and oxygen atoms in total. The van der Waals surface area contributed by atoms with Gasteiger partial charge in [-0.05, 0) is 50.2 Å². The number of carbonyl (C=O) groups is 2. The Balaban J connectivity index is 1.36. The van der Waals surface area contributed by atoms with Crippen molar-refractivity contribution in [3.8, 4) is 0 Å². The second-order valence-electron chi connectivity index (χ2n) is 7.65. The van der Waals surface area contributed by atoms with Gasteiger partial charge in [0.1, 0.15) is 23.4 Å². The molecule has 3 fully saturated rings. The van der Waals surface area contributed by atoms with Crippen LogP contribution in [0.1, 0.15) is 38.5 Å². The molecule has 3 unspecified atom stereocenters. The maximum Gasteiger partial charge on any atom is 0.249 e. The van der Waals surface area contributed by atoms with Crippen molar-refractivity contribution in [2.75, 3.05) is 11.4 Å². The van der Waals surface area contributed by atoms with Gasteiger partial charge < -0.3 is 15.5 Å². The molecule has 0 radical (unpaired) electrons. The van der Waals surface area contributed by atoms with Crippen LogP contribution in [0.4, 0.5) is 14.5 Å². The number of fused-ring (bicyclic) bond motifs is 2. The van der Waals surface area contributed by atoms with Gasteiger partial charge in [-0.3, -0.25) is 9.59 Å². The van der Waals surface area contributed by atoms with Crippen LogP contribution in [-0.4, -0.2) is 36.5 Å². The molecular formula is C19H23F2N3O2. The van der Waals surface area contributed by atoms with Crippen LogP contribution in [0.5, 0.6) is 0 Å². The third-order valence-electron chi connectivity index (χ3n) is 5.79. The van der Waals surface area contributed by atoms with Crippen LogP contribution in [0.3, 0.4) is 0 Å². The number of hydrogen-bond donors (Lipinski definition) is 2. The summed E-state index contributed by atoms with van der Waals surface area (Å²) in [4.78, 5) is 26.0. The summed E-state index contributed by atoms with van der Waals surface area (Å²) >= 11 is 0. The van der Waals surface area contributed by atoms with E-state index in [0.717, 1.165) is 29.9 Å². The third-order valence-corrected chi connectivity index (χ3v) is 5.79. The lowest BCUT2D eigenvalue weighted by atomic mass is 9.89. The van der Waals surface area contributed by atoms with Crippen molar-refractivity contribution in [2.24, 2.45) is 5.92 Å². The van der Waals surface area contributed by atoms with Gasteiger partial charge in [0.2, 0.25) is 11.8 Å². The first-order valence-electron chi connectivity index (χ1n) is 9.32. The van der Waals surface area contributed by atoms with Crippen LogP contribution < -0.4 is 15.5 Å². The van der Waals surface area contributed by atoms with E-state index in [1.54, 1.807) is 0 Å². The number of para-hydroxylation sites is 1. The van der Waals surface area contributed by atoms with Gasteiger partial charge in [-0.25, -0.2) is 8.78 Å². The molecule has 7 heteroatoms. The van der Waals surface area contributed by atoms with Crippen molar-refractivity contribution in [2.45, 2.75) is 56.7 Å². The molecule has 3 aliphatic rings. The molecule has 3 aliphatic heterocycles. The van der Waals surface area contributed by atoms with E-state index in [9.17, 15) is 18.4 Å². The van der Waals surface area contributed by atoms with E-state index in [4.69, 9.17) is 0 Å². The predicted octanol–water partition coefficient (Wildman–Crippen LogP) is 2.11. The zero-order valence-corrected chi connectivity index (χ0v) is 14.5. The molecule has 1 aromatic rings. The van der Waals surface area contributed by atoms with Gasteiger partial charge in [0.25, 0.3) is 0 Å². The Morgan fingerprint density at radius 2 is 1.81 bits per heavy atom. The number of rotatable bonds is 4. The number of anilines is 1. The van der Waals surface area contributed by atoms with E-state index in [-0.39, 0.29) is 18.1 Å². The number of benzene rings is 1. The Morgan fingerprint density at radius 1 is 1.15 bits per heavy atom. The average Bonchev–Trinajstić information content (AvgIpc) is 3.11. The highest BCUT2D eigenvalue weighted by Crippen LogP contribution is 2.33. The minimum atomic E-state index is -0.768. The number of hydrogen-bond acceptors (Lipinski definition) is 3. The first kappa shape index (κ1) is 17.4. The van der Waals surface area contributed by atoms with Crippen LogP contribution >= 0.6 is 0 Å². The van der Waals surface area contributed by atoms with Crippen molar-refractivity contribution in [1.82, 2.24) is 10.6 Å². The van der Waals surface area contributed by atoms with Crippen molar-refractivity contribution in [3.05, 3.63) is 29.8 Å². The Labute approximate surface area is 151 Å². The van der Waals surface area contributed by atoms with Gasteiger partial charge >= 0.3 is 0 Å². The maximum atomic E-state index is 13.9. The first-order valence-corrected chi connectivity index (χ1v) is 9.32. The third kappa shape index (κ3) is 3.32. The van der Waals surface area contributed by atoms with Gasteiger partial charge in [0.05, 0.1) is 0 Å². The monoisotopic (exact) mass is 363 g/mol. The highest BCUT2D eigenvalue weighted by Gasteiger charge is 2.38. The number of amides is 2. The highest BCUT2D eigenvalue weighted by atomic mass is 19.1. The van der Waals surface area contributed by atoms with Crippen LogP contribution in [0, 0.1) is 17.6 Å². The van der Waals surface area contributed by atoms with Crippen LogP contribution in [0.2, 0.25) is 0 Å². The fraction of sp³-hybridized carbons (Fsp3) is 0.579. The van der Waals surface area contributed by atoms with Gasteiger partial charge in [0, 0.05) is 25.0 Å². The summed E-state index contributed by atoms with van der Waals surface area (Å²) in [6.07, 6.45) is 5.10. The van der Waals surface area contributed by atoms with Crippen LogP contribution in [-0.2, 0) is 9.59 Å². The molecule has 3 heterocycles. The van der Waals surface area contributed by atoms with Crippen LogP contribution in [0.25, 0.3) is 0 Å². The minimum absolute atomic E-state index is 0.148. The number of nitrogens with one attached hydrogen (secondary N) is 2. The Kier molecular flexibility index (Phi) is 4.65. The average molecular weight is 363 g/mol. The van der Waals surface area contributed by atoms with E-state index in [2.05, 4.69) is 10.6 Å². The largest absolute Gasteiger partial charge is 0.344 e. The summed E-state index contributed by atoms with van der Waals surface area (Å²) in [5.74, 6) is -1.80. The molecule has 0 aliphatic carbocycles. The van der Waals surface area contributed by atoms with Crippen molar-refractivity contribution in [3.63, 3.8) is 0 Å². The van der Waals surface area contributed by atoms with Crippen molar-refractivity contribution < 1.29 is 18.4 Å². The topological polar surface area (TPSA) is 61.4 Å². The summed E-state index contributed by atoms with van der Waals surface area (Å²) in [6, 6.07) is 3.84. The second-order valence-corrected chi connectivity index (χ2v) is 7.65. The number of nitrogens with zero attached hydrogens (tertiary/aromatic N) is 1. The second kappa shape index (κ2) is 6.95. The number of halogens is 2. The summed E-state index contributed by atoms with van der Waals surface area (Å²) < 4.78 is 27.9. The summed E-state index contributed by atoms with van der Waals surface area (Å²) in [6.45, 7) is 0.194. The van der Waals surface area contributed by atoms with Crippen LogP contribution in [0.15, 0.2) is 18.2 Å². The molecule has 2 N–H and O–H groups in total. The Hall–Kier alpha value is -2.02. The molecule has 3 saturated heterocycles. The van der Waals surface area contributed by atoms with E-state index in [1.165, 1.54) is 18.9 Å². The van der Waals surface area contributed by atoms with E-state index in [1.807, 2.05) is 0 Å². The van der Waals surface area contributed by atoms with E-state index >= 15 is 0 Å². The molecule has 0 aromatic heterocycles. The van der Waals surface area contributed by atoms with Gasteiger partial charge in [-0.15, -0.1) is 0 Å². The van der Waals surface area contributed by atoms with E-state index in [0.29, 0.717) is 30.8 Å². The molecular weight excluding hydrogens is 340 g/mol. The fourth-order valence-electron chi connectivity index (χ4n) is 4.64. The minimum Gasteiger partial charge on any atom is -0.344 e. The zero-order chi connectivity index (χ0) is 18.3. The quantitative estimate of drug-likeness (QED) is 0.861. The van der Waals surface area contributed by atoms with Gasteiger partial charge in [-0.2, -0.15) is 0 Å². The Morgan fingerprint density at radius 3 is 2.46 bits per heavy atom. The molecule has 3 atom stereocenters. The maximum absolute atomic E-state index is 13.9. The van der Waals surface area contributed by atoms with Crippen molar-refractivity contribution in [1.29, 1.82) is 0 Å². The van der Waals surface area contributed by atoms with Gasteiger partial charge in [0.15, 0.2) is 0 Å². The lowest BCUT2D eigenvalue weighted by Crippen LogP contribution is -2.44. The molecule has 1 aromatic carbocycles. The van der Waals surface area contributed by atoms with Crippen molar-refractivity contribution >= 4 is 17.5 Å². The molecule has 140 valence electrons. The zero-order valence-electron chi connectivity index (χ0n) is 14.5. The first-order chi connectivity index (χ1) is 12.5. The summed E-state index contributed by atoms with van der Waals surface area (Å²) in [5.41, 5.74) is -0.329. The molecule has 4 rings (SSSR count). The summed E-state index contributed by atoms with van der Waals surface area (Å²) in [5, 5.41) is 6.31. The Bertz CT molecular complexity index is 694. The number of piperidine rings is 1. The standard InChI is InChI=1S/C19H23F2N3O2/c20-14-2-1-3-15(21)18(14)24-7-6-16(19(24)26)23-17(25)10-11-8-12-4-5-13(9-11)22-12/h1-3,11-13,16,22H,4-10H2,(H,23,25). The molecule has 2 bridgehead atoms. The van der Waals surface area contributed by atoms with E-state index < -0.39 is 23.6 Å². The molecule has 0 saturated carbocycles. The normalized spacial score (nSPS) is 30.7. The van der Waals surface area contributed by atoms with Gasteiger partial charge in [-0.1, -0.05) is 6.07 Å². The SMILES string of the molecule is O=C(CC1CC2CCC(C1)N2)NC1CCN(c2c(F)cccc2F)C1=O. The molecule has 26 heavy (non-hydrogen) atoms. The lowest BCUT2D eigenvalue weighted by molar-refractivity contribution is -0.127. The smallest absolute Gasteiger partial charge is 0.249 e. The fourth-order valence-corrected chi connectivity index (χ4v) is 4.64.